The van der Waals surface area contributed by atoms with Crippen LogP contribution in [0.1, 0.15) is 94.4 Å². The summed E-state index contributed by atoms with van der Waals surface area (Å²) in [7, 11) is 1.75. The summed E-state index contributed by atoms with van der Waals surface area (Å²) < 4.78 is 5.12. The van der Waals surface area contributed by atoms with Gasteiger partial charge in [0.15, 0.2) is 0 Å². The molecule has 0 aromatic carbocycles. The Morgan fingerprint density at radius 3 is 2.29 bits per heavy atom. The molecule has 1 fully saturated rings. The second-order valence-electron chi connectivity index (χ2n) is 11.4. The lowest BCUT2D eigenvalue weighted by atomic mass is 9.84. The smallest absolute Gasteiger partial charge is 0.333 e. The number of amides is 2. The van der Waals surface area contributed by atoms with E-state index < -0.39 is 11.5 Å². The minimum absolute atomic E-state index is 0.0614. The largest absolute Gasteiger partial charge is 0.463 e. The van der Waals surface area contributed by atoms with Crippen LogP contribution in [-0.4, -0.2) is 72.0 Å². The number of ether oxygens (including phenoxy) is 1. The Kier molecular flexibility index (Phi) is 12.5. The molecule has 1 N–H and O–H groups in total. The normalized spacial score (nSPS) is 20.2. The van der Waals surface area contributed by atoms with Gasteiger partial charge in [0.05, 0.1) is 18.7 Å². The SMILES string of the molecule is CCCC(C)N1CCCC[C@@H]1C(=O)N[C@H](C(=O)N(C)[C@H](C=C(C)C(=O)OCC)C(C)C)C(C)(C)C. The van der Waals surface area contributed by atoms with Gasteiger partial charge in [-0.25, -0.2) is 4.79 Å². The monoisotopic (exact) mass is 493 g/mol. The molecular weight excluding hydrogens is 442 g/mol. The van der Waals surface area contributed by atoms with Crippen molar-refractivity contribution in [3.05, 3.63) is 11.6 Å². The highest BCUT2D eigenvalue weighted by molar-refractivity contribution is 5.91. The first-order chi connectivity index (χ1) is 16.3. The van der Waals surface area contributed by atoms with Crippen LogP contribution in [0.2, 0.25) is 0 Å². The highest BCUT2D eigenvalue weighted by atomic mass is 16.5. The van der Waals surface area contributed by atoms with E-state index in [2.05, 4.69) is 24.1 Å². The Morgan fingerprint density at radius 1 is 1.14 bits per heavy atom. The minimum atomic E-state index is -0.678. The van der Waals surface area contributed by atoms with E-state index in [1.54, 1.807) is 31.9 Å². The topological polar surface area (TPSA) is 79.0 Å². The van der Waals surface area contributed by atoms with E-state index in [4.69, 9.17) is 4.74 Å². The van der Waals surface area contributed by atoms with E-state index in [1.807, 2.05) is 34.6 Å². The first kappa shape index (κ1) is 31.1. The summed E-state index contributed by atoms with van der Waals surface area (Å²) in [5, 5.41) is 3.14. The number of likely N-dealkylation sites (N-methyl/N-ethyl adjacent to an activating group) is 1. The molecule has 0 saturated carbocycles. The minimum Gasteiger partial charge on any atom is -0.463 e. The molecule has 1 rings (SSSR count). The van der Waals surface area contributed by atoms with Gasteiger partial charge in [-0.2, -0.15) is 0 Å². The third kappa shape index (κ3) is 8.93. The molecule has 7 heteroatoms. The summed E-state index contributed by atoms with van der Waals surface area (Å²) in [5.74, 6) is -0.512. The highest BCUT2D eigenvalue weighted by Crippen LogP contribution is 2.26. The van der Waals surface area contributed by atoms with E-state index in [1.165, 1.54) is 0 Å². The first-order valence-corrected chi connectivity index (χ1v) is 13.4. The quantitative estimate of drug-likeness (QED) is 0.337. The van der Waals surface area contributed by atoms with Crippen LogP contribution in [0.3, 0.4) is 0 Å². The lowest BCUT2D eigenvalue weighted by molar-refractivity contribution is -0.142. The third-order valence-corrected chi connectivity index (χ3v) is 7.02. The zero-order valence-electron chi connectivity index (χ0n) is 23.9. The number of nitrogens with zero attached hydrogens (tertiary/aromatic N) is 2. The second kappa shape index (κ2) is 14.0. The molecule has 202 valence electrons. The van der Waals surface area contributed by atoms with Gasteiger partial charge in [-0.3, -0.25) is 14.5 Å². The van der Waals surface area contributed by atoms with E-state index in [0.29, 0.717) is 18.2 Å². The van der Waals surface area contributed by atoms with Crippen LogP contribution in [-0.2, 0) is 19.1 Å². The van der Waals surface area contributed by atoms with E-state index in [0.717, 1.165) is 38.6 Å². The summed E-state index contributed by atoms with van der Waals surface area (Å²) in [4.78, 5) is 43.5. The van der Waals surface area contributed by atoms with Crippen molar-refractivity contribution >= 4 is 17.8 Å². The molecule has 0 aromatic heterocycles. The van der Waals surface area contributed by atoms with Crippen LogP contribution in [0.4, 0.5) is 0 Å². The fourth-order valence-corrected chi connectivity index (χ4v) is 4.90. The third-order valence-electron chi connectivity index (χ3n) is 7.02. The Labute approximate surface area is 214 Å². The molecule has 0 bridgehead atoms. The van der Waals surface area contributed by atoms with Crippen LogP contribution in [0.15, 0.2) is 11.6 Å². The first-order valence-electron chi connectivity index (χ1n) is 13.4. The molecule has 35 heavy (non-hydrogen) atoms. The molecule has 7 nitrogen and oxygen atoms in total. The zero-order chi connectivity index (χ0) is 26.9. The number of hydrogen-bond acceptors (Lipinski definition) is 5. The van der Waals surface area contributed by atoms with Crippen LogP contribution in [0.25, 0.3) is 0 Å². The molecule has 1 saturated heterocycles. The molecular formula is C28H51N3O4. The molecule has 1 heterocycles. The molecule has 0 aromatic rings. The fraction of sp³-hybridized carbons (Fsp3) is 0.821. The predicted molar refractivity (Wildman–Crippen MR) is 142 cm³/mol. The second-order valence-corrected chi connectivity index (χ2v) is 11.4. The van der Waals surface area contributed by atoms with Crippen LogP contribution < -0.4 is 5.32 Å². The van der Waals surface area contributed by atoms with Gasteiger partial charge in [-0.1, -0.05) is 60.5 Å². The van der Waals surface area contributed by atoms with Gasteiger partial charge in [-0.05, 0) is 57.9 Å². The van der Waals surface area contributed by atoms with Gasteiger partial charge in [0.25, 0.3) is 0 Å². The summed E-state index contributed by atoms with van der Waals surface area (Å²) in [6.45, 7) is 19.0. The lowest BCUT2D eigenvalue weighted by Crippen LogP contribution is -2.60. The summed E-state index contributed by atoms with van der Waals surface area (Å²) >= 11 is 0. The number of carbonyl (C=O) groups is 3. The van der Waals surface area contributed by atoms with Gasteiger partial charge in [0.1, 0.15) is 6.04 Å². The fourth-order valence-electron chi connectivity index (χ4n) is 4.90. The number of esters is 1. The Hall–Kier alpha value is -1.89. The maximum Gasteiger partial charge on any atom is 0.333 e. The molecule has 0 spiro atoms. The molecule has 1 aliphatic rings. The Bertz CT molecular complexity index is 741. The molecule has 1 aliphatic heterocycles. The van der Waals surface area contributed by atoms with Crippen molar-refractivity contribution in [3.63, 3.8) is 0 Å². The standard InChI is InChI=1S/C28H51N3O4/c1-11-15-21(6)31-17-14-13-16-22(31)25(32)29-24(28(7,8)9)26(33)30(10)23(19(3)4)18-20(5)27(34)35-12-2/h18-19,21-24H,11-17H2,1-10H3,(H,29,32)/t21?,22-,23-,24-/m1/s1. The molecule has 2 amide bonds. The van der Waals surface area contributed by atoms with Crippen molar-refractivity contribution in [2.75, 3.05) is 20.2 Å². The number of hydrogen-bond donors (Lipinski definition) is 1. The van der Waals surface area contributed by atoms with Crippen molar-refractivity contribution in [2.24, 2.45) is 11.3 Å². The van der Waals surface area contributed by atoms with Crippen LogP contribution >= 0.6 is 0 Å². The van der Waals surface area contributed by atoms with Crippen molar-refractivity contribution < 1.29 is 19.1 Å². The molecule has 1 unspecified atom stereocenters. The summed E-state index contributed by atoms with van der Waals surface area (Å²) in [6, 6.07) is -0.851. The van der Waals surface area contributed by atoms with Gasteiger partial charge in [0, 0.05) is 18.7 Å². The van der Waals surface area contributed by atoms with Crippen molar-refractivity contribution in [1.29, 1.82) is 0 Å². The number of nitrogens with one attached hydrogen (secondary N) is 1. The zero-order valence-corrected chi connectivity index (χ0v) is 23.9. The van der Waals surface area contributed by atoms with Gasteiger partial charge < -0.3 is 15.0 Å². The average Bonchev–Trinajstić information content (AvgIpc) is 2.79. The average molecular weight is 494 g/mol. The van der Waals surface area contributed by atoms with Crippen LogP contribution in [0, 0.1) is 11.3 Å². The Morgan fingerprint density at radius 2 is 1.77 bits per heavy atom. The van der Waals surface area contributed by atoms with Gasteiger partial charge >= 0.3 is 5.97 Å². The molecule has 0 aliphatic carbocycles. The number of likely N-dealkylation sites (tertiary alicyclic amines) is 1. The molecule has 4 atom stereocenters. The predicted octanol–water partition coefficient (Wildman–Crippen LogP) is 4.55. The number of carbonyl (C=O) groups excluding carboxylic acids is 3. The summed E-state index contributed by atoms with van der Waals surface area (Å²) in [6.07, 6.45) is 6.87. The molecule has 0 radical (unpaired) electrons. The maximum atomic E-state index is 13.8. The van der Waals surface area contributed by atoms with Crippen molar-refractivity contribution in [3.8, 4) is 0 Å². The van der Waals surface area contributed by atoms with E-state index >= 15 is 0 Å². The van der Waals surface area contributed by atoms with E-state index in [9.17, 15) is 14.4 Å². The lowest BCUT2D eigenvalue weighted by Gasteiger charge is -2.41. The van der Waals surface area contributed by atoms with Crippen LogP contribution in [0.5, 0.6) is 0 Å². The highest BCUT2D eigenvalue weighted by Gasteiger charge is 2.40. The van der Waals surface area contributed by atoms with Gasteiger partial charge in [-0.15, -0.1) is 0 Å². The number of piperidine rings is 1. The summed E-state index contributed by atoms with van der Waals surface area (Å²) in [5.41, 5.74) is 0.000973. The maximum absolute atomic E-state index is 13.8. The van der Waals surface area contributed by atoms with Crippen molar-refractivity contribution in [1.82, 2.24) is 15.1 Å². The Balaban J connectivity index is 3.16. The van der Waals surface area contributed by atoms with Gasteiger partial charge in [0.2, 0.25) is 11.8 Å². The number of rotatable bonds is 11. The van der Waals surface area contributed by atoms with Crippen molar-refractivity contribution in [2.45, 2.75) is 119 Å². The van der Waals surface area contributed by atoms with E-state index in [-0.39, 0.29) is 35.8 Å².